The number of aliphatic hydroxyl groups is 1. The van der Waals surface area contributed by atoms with Crippen LogP contribution in [-0.2, 0) is 4.79 Å². The molecule has 0 aliphatic rings. The average molecular weight is 186 g/mol. The first-order valence-electron chi connectivity index (χ1n) is 4.30. The van der Waals surface area contributed by atoms with E-state index >= 15 is 0 Å². The zero-order chi connectivity index (χ0) is 10.6. The van der Waals surface area contributed by atoms with Gasteiger partial charge in [0, 0.05) is 14.1 Å². The number of amidine groups is 1. The van der Waals surface area contributed by atoms with Gasteiger partial charge < -0.3 is 10.0 Å². The van der Waals surface area contributed by atoms with Gasteiger partial charge in [0.2, 0.25) is 0 Å². The van der Waals surface area contributed by atoms with Gasteiger partial charge in [0.05, 0.1) is 0 Å². The van der Waals surface area contributed by atoms with Crippen LogP contribution in [0.4, 0.5) is 0 Å². The third-order valence-electron chi connectivity index (χ3n) is 1.80. The van der Waals surface area contributed by atoms with Crippen molar-refractivity contribution in [1.82, 2.24) is 4.90 Å². The van der Waals surface area contributed by atoms with Gasteiger partial charge in [0.15, 0.2) is 0 Å². The Morgan fingerprint density at radius 1 is 1.38 bits per heavy atom. The summed E-state index contributed by atoms with van der Waals surface area (Å²) < 4.78 is 0. The number of carbonyl (C=O) groups excluding carboxylic acids is 1. The van der Waals surface area contributed by atoms with Crippen LogP contribution >= 0.6 is 0 Å². The molecule has 1 unspecified atom stereocenters. The summed E-state index contributed by atoms with van der Waals surface area (Å²) >= 11 is 0. The predicted molar refractivity (Wildman–Crippen MR) is 52.6 cm³/mol. The molecule has 1 N–H and O–H groups in total. The Labute approximate surface area is 79.3 Å². The molecule has 0 aromatic carbocycles. The summed E-state index contributed by atoms with van der Waals surface area (Å²) in [6.07, 6.45) is -0.991. The molecule has 0 fully saturated rings. The Kier molecular flexibility index (Phi) is 4.62. The van der Waals surface area contributed by atoms with E-state index in [9.17, 15) is 9.90 Å². The van der Waals surface area contributed by atoms with E-state index in [1.54, 1.807) is 39.8 Å². The number of carbonyl (C=O) groups is 1. The Balaban J connectivity index is 4.37. The van der Waals surface area contributed by atoms with Gasteiger partial charge in [0.25, 0.3) is 5.91 Å². The minimum atomic E-state index is -0.991. The fourth-order valence-corrected chi connectivity index (χ4v) is 0.611. The highest BCUT2D eigenvalue weighted by molar-refractivity contribution is 5.94. The normalized spacial score (nSPS) is 14.5. The van der Waals surface area contributed by atoms with E-state index in [1.165, 1.54) is 0 Å². The van der Waals surface area contributed by atoms with Crippen LogP contribution in [0, 0.1) is 5.92 Å². The highest BCUT2D eigenvalue weighted by Crippen LogP contribution is 2.03. The van der Waals surface area contributed by atoms with Crippen LogP contribution in [-0.4, -0.2) is 41.9 Å². The molecule has 0 rings (SSSR count). The van der Waals surface area contributed by atoms with E-state index in [0.717, 1.165) is 0 Å². The van der Waals surface area contributed by atoms with Crippen LogP contribution in [0.1, 0.15) is 20.8 Å². The van der Waals surface area contributed by atoms with Crippen molar-refractivity contribution in [3.8, 4) is 0 Å². The summed E-state index contributed by atoms with van der Waals surface area (Å²) in [7, 11) is 3.60. The number of aliphatic imine (C=N–C) groups is 1. The highest BCUT2D eigenvalue weighted by Gasteiger charge is 2.18. The maximum atomic E-state index is 11.2. The van der Waals surface area contributed by atoms with E-state index in [1.807, 2.05) is 0 Å². The molecule has 0 aliphatic carbocycles. The van der Waals surface area contributed by atoms with E-state index < -0.39 is 12.0 Å². The van der Waals surface area contributed by atoms with Gasteiger partial charge >= 0.3 is 0 Å². The fourth-order valence-electron chi connectivity index (χ4n) is 0.611. The summed E-state index contributed by atoms with van der Waals surface area (Å²) in [5.41, 5.74) is 0. The van der Waals surface area contributed by atoms with Crippen molar-refractivity contribution in [2.75, 3.05) is 14.1 Å². The Morgan fingerprint density at radius 3 is 2.15 bits per heavy atom. The Morgan fingerprint density at radius 2 is 1.85 bits per heavy atom. The molecule has 0 spiro atoms. The van der Waals surface area contributed by atoms with Crippen molar-refractivity contribution < 1.29 is 9.90 Å². The van der Waals surface area contributed by atoms with Crippen molar-refractivity contribution in [1.29, 1.82) is 0 Å². The number of rotatable bonds is 2. The molecule has 4 heteroatoms. The van der Waals surface area contributed by atoms with Crippen molar-refractivity contribution in [2.45, 2.75) is 26.9 Å². The first kappa shape index (κ1) is 12.1. The molecular formula is C9H18N2O2. The zero-order valence-electron chi connectivity index (χ0n) is 8.90. The molecule has 1 amide bonds. The molecule has 0 radical (unpaired) electrons. The molecule has 0 heterocycles. The lowest BCUT2D eigenvalue weighted by Gasteiger charge is -2.13. The van der Waals surface area contributed by atoms with Gasteiger partial charge in [0.1, 0.15) is 11.9 Å². The van der Waals surface area contributed by atoms with E-state index in [2.05, 4.69) is 4.99 Å². The van der Waals surface area contributed by atoms with Crippen molar-refractivity contribution in [3.05, 3.63) is 0 Å². The number of amides is 1. The van der Waals surface area contributed by atoms with E-state index in [-0.39, 0.29) is 5.92 Å². The van der Waals surface area contributed by atoms with E-state index in [4.69, 9.17) is 0 Å². The van der Waals surface area contributed by atoms with Gasteiger partial charge in [-0.1, -0.05) is 13.8 Å². The highest BCUT2D eigenvalue weighted by atomic mass is 16.3. The summed E-state index contributed by atoms with van der Waals surface area (Å²) in [5, 5.41) is 9.35. The second-order valence-corrected chi connectivity index (χ2v) is 3.58. The smallest absolute Gasteiger partial charge is 0.276 e. The van der Waals surface area contributed by atoms with Gasteiger partial charge in [-0.05, 0) is 12.8 Å². The van der Waals surface area contributed by atoms with Crippen LogP contribution < -0.4 is 0 Å². The number of hydrogen-bond acceptors (Lipinski definition) is 2. The molecule has 0 saturated heterocycles. The lowest BCUT2D eigenvalue weighted by molar-refractivity contribution is -0.127. The molecular weight excluding hydrogens is 168 g/mol. The van der Waals surface area contributed by atoms with Crippen molar-refractivity contribution >= 4 is 11.7 Å². The quantitative estimate of drug-likeness (QED) is 0.505. The second kappa shape index (κ2) is 4.97. The molecule has 13 heavy (non-hydrogen) atoms. The molecule has 0 bridgehead atoms. The minimum absolute atomic E-state index is 0.0915. The first-order chi connectivity index (χ1) is 5.86. The van der Waals surface area contributed by atoms with Gasteiger partial charge in [-0.15, -0.1) is 0 Å². The van der Waals surface area contributed by atoms with Crippen LogP contribution in [0.2, 0.25) is 0 Å². The minimum Gasteiger partial charge on any atom is -0.383 e. The molecule has 0 aliphatic heterocycles. The monoisotopic (exact) mass is 186 g/mol. The molecule has 0 aromatic heterocycles. The maximum Gasteiger partial charge on any atom is 0.276 e. The van der Waals surface area contributed by atoms with Gasteiger partial charge in [-0.2, -0.15) is 4.99 Å². The molecule has 0 saturated carbocycles. The Hall–Kier alpha value is -0.900. The maximum absolute atomic E-state index is 11.2. The topological polar surface area (TPSA) is 52.9 Å². The summed E-state index contributed by atoms with van der Waals surface area (Å²) in [6.45, 7) is 5.29. The van der Waals surface area contributed by atoms with Gasteiger partial charge in [-0.3, -0.25) is 4.79 Å². The average Bonchev–Trinajstić information content (AvgIpc) is 2.02. The number of nitrogens with zero attached hydrogens (tertiary/aromatic N) is 2. The summed E-state index contributed by atoms with van der Waals surface area (Å²) in [4.78, 5) is 16.7. The summed E-state index contributed by atoms with van der Waals surface area (Å²) in [6, 6.07) is 0. The third-order valence-corrected chi connectivity index (χ3v) is 1.80. The van der Waals surface area contributed by atoms with Crippen LogP contribution in [0.25, 0.3) is 0 Å². The standard InChI is InChI=1S/C9H18N2O2/c1-6(2)8(12)9(13)10-7(3)11(4)5/h6,8,12H,1-5H3. The lowest BCUT2D eigenvalue weighted by Crippen LogP contribution is -2.28. The molecule has 0 aromatic rings. The second-order valence-electron chi connectivity index (χ2n) is 3.58. The van der Waals surface area contributed by atoms with Crippen LogP contribution in [0.5, 0.6) is 0 Å². The Bertz CT molecular complexity index is 210. The first-order valence-corrected chi connectivity index (χ1v) is 4.30. The number of aliphatic hydroxyl groups excluding tert-OH is 1. The van der Waals surface area contributed by atoms with E-state index in [0.29, 0.717) is 5.84 Å². The van der Waals surface area contributed by atoms with Crippen LogP contribution in [0.15, 0.2) is 4.99 Å². The molecule has 1 atom stereocenters. The van der Waals surface area contributed by atoms with Crippen LogP contribution in [0.3, 0.4) is 0 Å². The largest absolute Gasteiger partial charge is 0.383 e. The molecule has 76 valence electrons. The van der Waals surface area contributed by atoms with Crippen molar-refractivity contribution in [2.24, 2.45) is 10.9 Å². The van der Waals surface area contributed by atoms with Gasteiger partial charge in [-0.25, -0.2) is 0 Å². The zero-order valence-corrected chi connectivity index (χ0v) is 8.90. The summed E-state index contributed by atoms with van der Waals surface area (Å²) in [5.74, 6) is 0.0390. The third kappa shape index (κ3) is 4.03. The lowest BCUT2D eigenvalue weighted by atomic mass is 10.1. The SMILES string of the molecule is CC(=NC(=O)C(O)C(C)C)N(C)C. The number of hydrogen-bond donors (Lipinski definition) is 1. The van der Waals surface area contributed by atoms with Crippen molar-refractivity contribution in [3.63, 3.8) is 0 Å². The molecule has 4 nitrogen and oxygen atoms in total. The fraction of sp³-hybridized carbons (Fsp3) is 0.778. The predicted octanol–water partition coefficient (Wildman–Crippen LogP) is 0.510.